The Morgan fingerprint density at radius 2 is 2.05 bits per heavy atom. The van der Waals surface area contributed by atoms with E-state index in [1.807, 2.05) is 13.0 Å². The zero-order chi connectivity index (χ0) is 14.6. The summed E-state index contributed by atoms with van der Waals surface area (Å²) in [7, 11) is -3.10. The molecule has 0 radical (unpaired) electrons. The number of halogens is 1. The van der Waals surface area contributed by atoms with Crippen molar-refractivity contribution in [3.63, 3.8) is 0 Å². The molecule has 0 aliphatic rings. The van der Waals surface area contributed by atoms with Gasteiger partial charge in [-0.05, 0) is 30.5 Å². The largest absolute Gasteiger partial charge is 0.321 e. The highest BCUT2D eigenvalue weighted by molar-refractivity contribution is 7.90. The topological polar surface area (TPSA) is 77.2 Å². The summed E-state index contributed by atoms with van der Waals surface area (Å²) < 4.78 is 22.0. The van der Waals surface area contributed by atoms with Gasteiger partial charge in [-0.2, -0.15) is 0 Å². The van der Waals surface area contributed by atoms with E-state index in [9.17, 15) is 13.2 Å². The van der Waals surface area contributed by atoms with Gasteiger partial charge in [0, 0.05) is 17.7 Å². The first-order chi connectivity index (χ1) is 8.69. The standard InChI is InChI=1S/C13H18ClNO3S/c1-9-3-4-10(11(14)7-9)8-13(16)12(15)5-6-19(2,17)18/h3-4,7,12H,5-6,8,15H2,1-2H3. The van der Waals surface area contributed by atoms with Gasteiger partial charge in [-0.25, -0.2) is 8.42 Å². The van der Waals surface area contributed by atoms with Crippen molar-refractivity contribution in [3.05, 3.63) is 34.3 Å². The summed E-state index contributed by atoms with van der Waals surface area (Å²) >= 11 is 6.04. The van der Waals surface area contributed by atoms with Crippen LogP contribution in [-0.4, -0.2) is 32.3 Å². The van der Waals surface area contributed by atoms with Gasteiger partial charge in [0.2, 0.25) is 0 Å². The first-order valence-corrected chi connectivity index (χ1v) is 8.34. The molecule has 0 amide bonds. The lowest BCUT2D eigenvalue weighted by Crippen LogP contribution is -2.33. The van der Waals surface area contributed by atoms with Crippen LogP contribution >= 0.6 is 11.6 Å². The lowest BCUT2D eigenvalue weighted by atomic mass is 10.0. The van der Waals surface area contributed by atoms with E-state index in [-0.39, 0.29) is 24.4 Å². The molecule has 0 saturated heterocycles. The highest BCUT2D eigenvalue weighted by Crippen LogP contribution is 2.18. The van der Waals surface area contributed by atoms with Gasteiger partial charge in [0.05, 0.1) is 11.8 Å². The number of sulfone groups is 1. The molecule has 0 saturated carbocycles. The van der Waals surface area contributed by atoms with Crippen LogP contribution in [0.15, 0.2) is 18.2 Å². The molecule has 1 aromatic rings. The summed E-state index contributed by atoms with van der Waals surface area (Å²) in [6.45, 7) is 1.91. The summed E-state index contributed by atoms with van der Waals surface area (Å²) in [5, 5.41) is 0.531. The molecule has 1 aromatic carbocycles. The Labute approximate surface area is 118 Å². The fraction of sp³-hybridized carbons (Fsp3) is 0.462. The van der Waals surface area contributed by atoms with Gasteiger partial charge in [0.15, 0.2) is 5.78 Å². The Kier molecular flexibility index (Phi) is 5.52. The second-order valence-corrected chi connectivity index (χ2v) is 7.43. The SMILES string of the molecule is Cc1ccc(CC(=O)C(N)CCS(C)(=O)=O)c(Cl)c1. The molecule has 2 N–H and O–H groups in total. The molecule has 1 unspecified atom stereocenters. The maximum absolute atomic E-state index is 11.9. The fourth-order valence-electron chi connectivity index (χ4n) is 1.62. The highest BCUT2D eigenvalue weighted by Gasteiger charge is 2.17. The van der Waals surface area contributed by atoms with Crippen LogP contribution in [-0.2, 0) is 21.1 Å². The van der Waals surface area contributed by atoms with Gasteiger partial charge in [0.25, 0.3) is 0 Å². The molecule has 0 aliphatic carbocycles. The lowest BCUT2D eigenvalue weighted by molar-refractivity contribution is -0.119. The number of hydrogen-bond donors (Lipinski definition) is 1. The smallest absolute Gasteiger partial charge is 0.153 e. The van der Waals surface area contributed by atoms with Crippen LogP contribution < -0.4 is 5.73 Å². The van der Waals surface area contributed by atoms with E-state index in [0.29, 0.717) is 10.6 Å². The van der Waals surface area contributed by atoms with E-state index in [0.717, 1.165) is 11.8 Å². The maximum Gasteiger partial charge on any atom is 0.153 e. The normalized spacial score (nSPS) is 13.3. The number of hydrogen-bond acceptors (Lipinski definition) is 4. The number of Topliss-reactive ketones (excluding diaryl/α,β-unsaturated/α-hetero) is 1. The predicted molar refractivity (Wildman–Crippen MR) is 77.2 cm³/mol. The van der Waals surface area contributed by atoms with Crippen molar-refractivity contribution < 1.29 is 13.2 Å². The zero-order valence-corrected chi connectivity index (χ0v) is 12.6. The predicted octanol–water partition coefficient (Wildman–Crippen LogP) is 1.52. The maximum atomic E-state index is 11.9. The molecule has 106 valence electrons. The Balaban J connectivity index is 2.64. The second-order valence-electron chi connectivity index (χ2n) is 4.76. The first-order valence-electron chi connectivity index (χ1n) is 5.90. The third-order valence-corrected chi connectivity index (χ3v) is 4.12. The molecule has 6 heteroatoms. The molecule has 0 spiro atoms. The quantitative estimate of drug-likeness (QED) is 0.864. The number of carbonyl (C=O) groups is 1. The van der Waals surface area contributed by atoms with Gasteiger partial charge in [0.1, 0.15) is 9.84 Å². The summed E-state index contributed by atoms with van der Waals surface area (Å²) in [5.74, 6) is -0.281. The Hall–Kier alpha value is -0.910. The first kappa shape index (κ1) is 16.1. The Morgan fingerprint density at radius 3 is 2.58 bits per heavy atom. The molecular formula is C13H18ClNO3S. The second kappa shape index (κ2) is 6.50. The minimum Gasteiger partial charge on any atom is -0.321 e. The molecule has 1 rings (SSSR count). The van der Waals surface area contributed by atoms with Crippen molar-refractivity contribution in [1.29, 1.82) is 0 Å². The van der Waals surface area contributed by atoms with E-state index < -0.39 is 15.9 Å². The molecule has 0 aliphatic heterocycles. The van der Waals surface area contributed by atoms with Crippen LogP contribution in [0.2, 0.25) is 5.02 Å². The van der Waals surface area contributed by atoms with Gasteiger partial charge in [-0.1, -0.05) is 23.7 Å². The number of carbonyl (C=O) groups excluding carboxylic acids is 1. The number of aryl methyl sites for hydroxylation is 1. The molecule has 0 bridgehead atoms. The summed E-state index contributed by atoms with van der Waals surface area (Å²) in [6, 6.07) is 4.67. The summed E-state index contributed by atoms with van der Waals surface area (Å²) in [4.78, 5) is 11.9. The Morgan fingerprint density at radius 1 is 1.42 bits per heavy atom. The van der Waals surface area contributed by atoms with Crippen LogP contribution in [0.5, 0.6) is 0 Å². The van der Waals surface area contributed by atoms with Crippen molar-refractivity contribution >= 4 is 27.2 Å². The minimum absolute atomic E-state index is 0.0818. The average molecular weight is 304 g/mol. The monoisotopic (exact) mass is 303 g/mol. The number of ketones is 1. The van der Waals surface area contributed by atoms with Crippen LogP contribution in [0.3, 0.4) is 0 Å². The van der Waals surface area contributed by atoms with Crippen molar-refractivity contribution in [2.24, 2.45) is 5.73 Å². The van der Waals surface area contributed by atoms with E-state index in [1.165, 1.54) is 0 Å². The highest BCUT2D eigenvalue weighted by atomic mass is 35.5. The van der Waals surface area contributed by atoms with Crippen LogP contribution in [0.4, 0.5) is 0 Å². The van der Waals surface area contributed by atoms with Gasteiger partial charge in [-0.15, -0.1) is 0 Å². The third-order valence-electron chi connectivity index (χ3n) is 2.79. The Bertz CT molecular complexity index is 569. The minimum atomic E-state index is -3.10. The van der Waals surface area contributed by atoms with Crippen LogP contribution in [0.1, 0.15) is 17.5 Å². The van der Waals surface area contributed by atoms with Crippen LogP contribution in [0.25, 0.3) is 0 Å². The zero-order valence-electron chi connectivity index (χ0n) is 11.0. The third kappa shape index (κ3) is 5.72. The van der Waals surface area contributed by atoms with Gasteiger partial charge >= 0.3 is 0 Å². The van der Waals surface area contributed by atoms with Crippen LogP contribution in [0, 0.1) is 6.92 Å². The van der Waals surface area contributed by atoms with Crippen molar-refractivity contribution in [2.45, 2.75) is 25.8 Å². The number of benzene rings is 1. The molecule has 0 heterocycles. The molecule has 1 atom stereocenters. The van der Waals surface area contributed by atoms with Crippen molar-refractivity contribution in [1.82, 2.24) is 0 Å². The van der Waals surface area contributed by atoms with E-state index in [2.05, 4.69) is 0 Å². The molecule has 0 fully saturated rings. The summed E-state index contributed by atoms with van der Waals surface area (Å²) in [5.41, 5.74) is 7.43. The van der Waals surface area contributed by atoms with Gasteiger partial charge in [-0.3, -0.25) is 4.79 Å². The average Bonchev–Trinajstić information content (AvgIpc) is 2.28. The van der Waals surface area contributed by atoms with E-state index in [1.54, 1.807) is 12.1 Å². The van der Waals surface area contributed by atoms with E-state index >= 15 is 0 Å². The molecule has 0 aromatic heterocycles. The van der Waals surface area contributed by atoms with E-state index in [4.69, 9.17) is 17.3 Å². The molecule has 4 nitrogen and oxygen atoms in total. The molecule has 19 heavy (non-hydrogen) atoms. The summed E-state index contributed by atoms with van der Waals surface area (Å²) in [6.07, 6.45) is 1.40. The number of rotatable bonds is 6. The molecular weight excluding hydrogens is 286 g/mol. The van der Waals surface area contributed by atoms with Crippen molar-refractivity contribution in [3.8, 4) is 0 Å². The fourth-order valence-corrected chi connectivity index (χ4v) is 2.60. The number of nitrogens with two attached hydrogens (primary N) is 1. The van der Waals surface area contributed by atoms with Gasteiger partial charge < -0.3 is 5.73 Å². The lowest BCUT2D eigenvalue weighted by Gasteiger charge is -2.11. The van der Waals surface area contributed by atoms with Crippen molar-refractivity contribution in [2.75, 3.05) is 12.0 Å².